The van der Waals surface area contributed by atoms with Crippen LogP contribution in [-0.4, -0.2) is 22.4 Å². The highest BCUT2D eigenvalue weighted by atomic mass is 32.2. The number of hydrogen-bond donors (Lipinski definition) is 0. The Morgan fingerprint density at radius 2 is 1.77 bits per heavy atom. The molecule has 1 aliphatic heterocycles. The quantitative estimate of drug-likeness (QED) is 0.835. The summed E-state index contributed by atoms with van der Waals surface area (Å²) in [4.78, 5) is 6.90. The summed E-state index contributed by atoms with van der Waals surface area (Å²) in [5.41, 5.74) is 2.22. The SMILES string of the molecule is Fc1cccc(CN(Cc2ccccc2)C2=NCCCS2)c1. The van der Waals surface area contributed by atoms with E-state index in [4.69, 9.17) is 0 Å². The van der Waals surface area contributed by atoms with E-state index in [2.05, 4.69) is 22.0 Å². The maximum absolute atomic E-state index is 13.4. The molecule has 4 heteroatoms. The molecule has 0 saturated heterocycles. The Morgan fingerprint density at radius 1 is 1.00 bits per heavy atom. The van der Waals surface area contributed by atoms with Gasteiger partial charge in [-0.05, 0) is 29.7 Å². The molecule has 0 atom stereocenters. The molecule has 0 aliphatic carbocycles. The monoisotopic (exact) mass is 314 g/mol. The second-order valence-corrected chi connectivity index (χ2v) is 6.40. The molecule has 0 fully saturated rings. The van der Waals surface area contributed by atoms with Gasteiger partial charge in [0.05, 0.1) is 0 Å². The van der Waals surface area contributed by atoms with E-state index in [9.17, 15) is 4.39 Å². The van der Waals surface area contributed by atoms with Crippen LogP contribution in [0.5, 0.6) is 0 Å². The summed E-state index contributed by atoms with van der Waals surface area (Å²) in [5, 5.41) is 1.07. The van der Waals surface area contributed by atoms with Crippen molar-refractivity contribution in [3.05, 3.63) is 71.5 Å². The Labute approximate surface area is 135 Å². The normalized spacial score (nSPS) is 14.5. The predicted octanol–water partition coefficient (Wildman–Crippen LogP) is 4.32. The van der Waals surface area contributed by atoms with Crippen molar-refractivity contribution in [2.45, 2.75) is 19.5 Å². The molecule has 1 heterocycles. The van der Waals surface area contributed by atoms with E-state index in [1.807, 2.05) is 24.3 Å². The third-order valence-electron chi connectivity index (χ3n) is 3.53. The first-order valence-corrected chi connectivity index (χ1v) is 8.50. The van der Waals surface area contributed by atoms with Crippen molar-refractivity contribution in [2.75, 3.05) is 12.3 Å². The topological polar surface area (TPSA) is 15.6 Å². The van der Waals surface area contributed by atoms with Crippen LogP contribution >= 0.6 is 11.8 Å². The van der Waals surface area contributed by atoms with E-state index in [-0.39, 0.29) is 5.82 Å². The minimum absolute atomic E-state index is 0.185. The summed E-state index contributed by atoms with van der Waals surface area (Å²) in [6.45, 7) is 2.36. The second kappa shape index (κ2) is 7.45. The van der Waals surface area contributed by atoms with Crippen LogP contribution in [0.1, 0.15) is 17.5 Å². The van der Waals surface area contributed by atoms with Crippen molar-refractivity contribution < 1.29 is 4.39 Å². The molecular formula is C18H19FN2S. The maximum atomic E-state index is 13.4. The van der Waals surface area contributed by atoms with Gasteiger partial charge in [0.15, 0.2) is 5.17 Å². The third kappa shape index (κ3) is 4.10. The van der Waals surface area contributed by atoms with E-state index < -0.39 is 0 Å². The minimum Gasteiger partial charge on any atom is -0.343 e. The van der Waals surface area contributed by atoms with Gasteiger partial charge in [0.1, 0.15) is 5.82 Å². The zero-order valence-electron chi connectivity index (χ0n) is 12.4. The van der Waals surface area contributed by atoms with E-state index >= 15 is 0 Å². The number of aliphatic imine (C=N–C) groups is 1. The van der Waals surface area contributed by atoms with Crippen molar-refractivity contribution in [2.24, 2.45) is 4.99 Å². The minimum atomic E-state index is -0.185. The van der Waals surface area contributed by atoms with Gasteiger partial charge >= 0.3 is 0 Å². The lowest BCUT2D eigenvalue weighted by Crippen LogP contribution is -2.30. The first kappa shape index (κ1) is 15.1. The lowest BCUT2D eigenvalue weighted by atomic mass is 10.2. The number of thioether (sulfide) groups is 1. The summed E-state index contributed by atoms with van der Waals surface area (Å²) in [5.74, 6) is 0.920. The van der Waals surface area contributed by atoms with Gasteiger partial charge in [0.2, 0.25) is 0 Å². The summed E-state index contributed by atoms with van der Waals surface area (Å²) < 4.78 is 13.4. The molecule has 0 amide bonds. The molecule has 22 heavy (non-hydrogen) atoms. The van der Waals surface area contributed by atoms with Gasteiger partial charge in [-0.15, -0.1) is 0 Å². The van der Waals surface area contributed by atoms with Gasteiger partial charge in [-0.3, -0.25) is 4.99 Å². The Balaban J connectivity index is 1.80. The fraction of sp³-hybridized carbons (Fsp3) is 0.278. The Morgan fingerprint density at radius 3 is 2.50 bits per heavy atom. The highest BCUT2D eigenvalue weighted by Gasteiger charge is 2.16. The Kier molecular flexibility index (Phi) is 5.11. The number of amidine groups is 1. The number of halogens is 1. The largest absolute Gasteiger partial charge is 0.343 e. The van der Waals surface area contributed by atoms with Crippen LogP contribution in [0.3, 0.4) is 0 Å². The Hall–Kier alpha value is -1.81. The molecule has 114 valence electrons. The average Bonchev–Trinajstić information content (AvgIpc) is 2.56. The van der Waals surface area contributed by atoms with Crippen molar-refractivity contribution in [3.63, 3.8) is 0 Å². The van der Waals surface area contributed by atoms with Crippen molar-refractivity contribution in [1.29, 1.82) is 0 Å². The van der Waals surface area contributed by atoms with Crippen LogP contribution in [0.15, 0.2) is 59.6 Å². The molecule has 0 saturated carbocycles. The van der Waals surface area contributed by atoms with Crippen molar-refractivity contribution in [3.8, 4) is 0 Å². The smallest absolute Gasteiger partial charge is 0.159 e. The lowest BCUT2D eigenvalue weighted by Gasteiger charge is -2.27. The van der Waals surface area contributed by atoms with Gasteiger partial charge in [0, 0.05) is 25.4 Å². The van der Waals surface area contributed by atoms with Gasteiger partial charge in [-0.1, -0.05) is 54.2 Å². The van der Waals surface area contributed by atoms with Gasteiger partial charge in [0.25, 0.3) is 0 Å². The molecular weight excluding hydrogens is 295 g/mol. The molecule has 0 spiro atoms. The predicted molar refractivity (Wildman–Crippen MR) is 91.5 cm³/mol. The first-order valence-electron chi connectivity index (χ1n) is 7.52. The van der Waals surface area contributed by atoms with Crippen LogP contribution in [-0.2, 0) is 13.1 Å². The first-order chi connectivity index (χ1) is 10.8. The summed E-state index contributed by atoms with van der Waals surface area (Å²) in [6, 6.07) is 17.2. The molecule has 3 rings (SSSR count). The van der Waals surface area contributed by atoms with Gasteiger partial charge < -0.3 is 4.90 Å². The number of benzene rings is 2. The highest BCUT2D eigenvalue weighted by molar-refractivity contribution is 8.13. The standard InChI is InChI=1S/C18H19FN2S/c19-17-9-4-8-16(12-17)14-21(18-20-10-5-11-22-18)13-15-6-2-1-3-7-15/h1-4,6-9,12H,5,10-11,13-14H2. The molecule has 2 aromatic rings. The van der Waals surface area contributed by atoms with Crippen molar-refractivity contribution >= 4 is 16.9 Å². The zero-order valence-corrected chi connectivity index (χ0v) is 13.2. The molecule has 2 aromatic carbocycles. The van der Waals surface area contributed by atoms with Gasteiger partial charge in [-0.2, -0.15) is 0 Å². The number of hydrogen-bond acceptors (Lipinski definition) is 3. The van der Waals surface area contributed by atoms with Crippen LogP contribution in [0.25, 0.3) is 0 Å². The molecule has 0 radical (unpaired) electrons. The van der Waals surface area contributed by atoms with Crippen LogP contribution in [0.2, 0.25) is 0 Å². The van der Waals surface area contributed by atoms with Crippen LogP contribution in [0.4, 0.5) is 4.39 Å². The molecule has 0 unspecified atom stereocenters. The van der Waals surface area contributed by atoms with Crippen molar-refractivity contribution in [1.82, 2.24) is 4.90 Å². The number of rotatable bonds is 4. The summed E-state index contributed by atoms with van der Waals surface area (Å²) in [7, 11) is 0. The fourth-order valence-corrected chi connectivity index (χ4v) is 3.44. The third-order valence-corrected chi connectivity index (χ3v) is 4.67. The second-order valence-electron chi connectivity index (χ2n) is 5.34. The molecule has 0 aromatic heterocycles. The Bertz CT molecular complexity index is 643. The molecule has 2 nitrogen and oxygen atoms in total. The molecule has 0 N–H and O–H groups in total. The van der Waals surface area contributed by atoms with Crippen LogP contribution in [0, 0.1) is 5.82 Å². The zero-order chi connectivity index (χ0) is 15.2. The average molecular weight is 314 g/mol. The maximum Gasteiger partial charge on any atom is 0.159 e. The van der Waals surface area contributed by atoms with E-state index in [0.717, 1.165) is 36.0 Å². The van der Waals surface area contributed by atoms with Crippen LogP contribution < -0.4 is 0 Å². The summed E-state index contributed by atoms with van der Waals surface area (Å²) >= 11 is 1.80. The fourth-order valence-electron chi connectivity index (χ4n) is 2.49. The molecule has 1 aliphatic rings. The summed E-state index contributed by atoms with van der Waals surface area (Å²) in [6.07, 6.45) is 1.13. The van der Waals surface area contributed by atoms with Gasteiger partial charge in [-0.25, -0.2) is 4.39 Å². The van der Waals surface area contributed by atoms with E-state index in [1.165, 1.54) is 11.6 Å². The van der Waals surface area contributed by atoms with E-state index in [0.29, 0.717) is 6.54 Å². The molecule has 0 bridgehead atoms. The number of nitrogens with zero attached hydrogens (tertiary/aromatic N) is 2. The highest BCUT2D eigenvalue weighted by Crippen LogP contribution is 2.20. The lowest BCUT2D eigenvalue weighted by molar-refractivity contribution is 0.411. The van der Waals surface area contributed by atoms with E-state index in [1.54, 1.807) is 23.9 Å².